The van der Waals surface area contributed by atoms with Crippen molar-refractivity contribution in [3.63, 3.8) is 0 Å². The number of hydrogen-bond donors (Lipinski definition) is 2. The summed E-state index contributed by atoms with van der Waals surface area (Å²) in [5.41, 5.74) is 0. The highest BCUT2D eigenvalue weighted by molar-refractivity contribution is 14.0. The number of carbonyl (C=O) groups is 2. The molecule has 0 fully saturated rings. The molecule has 1 rings (SSSR count). The highest BCUT2D eigenvalue weighted by atomic mass is 127. The molecule has 72 valence electrons. The Bertz CT molecular complexity index is 209. The Balaban J connectivity index is 0. The summed E-state index contributed by atoms with van der Waals surface area (Å²) in [6, 6.07) is 12.0. The summed E-state index contributed by atoms with van der Waals surface area (Å²) in [5, 5.41) is 14.8. The summed E-state index contributed by atoms with van der Waals surface area (Å²) in [6.45, 7) is 0. The second kappa shape index (κ2) is 8.98. The molecule has 13 heavy (non-hydrogen) atoms. The van der Waals surface area contributed by atoms with Crippen LogP contribution in [0.5, 0.6) is 0 Å². The first kappa shape index (κ1) is 14.4. The van der Waals surface area contributed by atoms with Crippen LogP contribution in [-0.2, 0) is 9.59 Å². The quantitative estimate of drug-likeness (QED) is 0.561. The zero-order chi connectivity index (χ0) is 9.40. The van der Waals surface area contributed by atoms with Crippen LogP contribution in [0.4, 0.5) is 0 Å². The maximum Gasteiger partial charge on any atom is 0.414 e. The van der Waals surface area contributed by atoms with E-state index in [1.807, 2.05) is 36.4 Å². The molecule has 0 aliphatic rings. The summed E-state index contributed by atoms with van der Waals surface area (Å²) in [5.74, 6) is -3.65. The third-order valence-electron chi connectivity index (χ3n) is 0.850. The lowest BCUT2D eigenvalue weighted by Crippen LogP contribution is -2.09. The Morgan fingerprint density at radius 2 is 0.846 bits per heavy atom. The van der Waals surface area contributed by atoms with Crippen LogP contribution in [0.2, 0.25) is 0 Å². The molecule has 0 saturated heterocycles. The average Bonchev–Trinajstić information content (AvgIpc) is 2.08. The van der Waals surface area contributed by atoms with E-state index in [-0.39, 0.29) is 24.0 Å². The Hall–Kier alpha value is -1.11. The summed E-state index contributed by atoms with van der Waals surface area (Å²) < 4.78 is 0. The van der Waals surface area contributed by atoms with Crippen LogP contribution in [0.15, 0.2) is 36.4 Å². The topological polar surface area (TPSA) is 74.6 Å². The minimum atomic E-state index is -1.82. The zero-order valence-corrected chi connectivity index (χ0v) is 8.91. The third kappa shape index (κ3) is 10.9. The number of hydrogen-bond acceptors (Lipinski definition) is 2. The van der Waals surface area contributed by atoms with Gasteiger partial charge in [0.2, 0.25) is 0 Å². The largest absolute Gasteiger partial charge is 0.473 e. The molecule has 0 heterocycles. The predicted molar refractivity (Wildman–Crippen MR) is 57.1 cm³/mol. The summed E-state index contributed by atoms with van der Waals surface area (Å²) in [7, 11) is 0. The second-order valence-electron chi connectivity index (χ2n) is 1.77. The van der Waals surface area contributed by atoms with E-state index < -0.39 is 11.9 Å². The molecule has 0 radical (unpaired) electrons. The summed E-state index contributed by atoms with van der Waals surface area (Å²) in [6.07, 6.45) is 0. The molecule has 2 N–H and O–H groups in total. The van der Waals surface area contributed by atoms with Gasteiger partial charge < -0.3 is 10.2 Å². The van der Waals surface area contributed by atoms with Gasteiger partial charge in [0.1, 0.15) is 0 Å². The van der Waals surface area contributed by atoms with E-state index in [0.717, 1.165) is 0 Å². The SMILES string of the molecule is I.O=C(O)C(=O)O.c1ccccc1. The van der Waals surface area contributed by atoms with Gasteiger partial charge in [-0.05, 0) is 0 Å². The number of aliphatic carboxylic acids is 2. The van der Waals surface area contributed by atoms with Crippen LogP contribution < -0.4 is 0 Å². The van der Waals surface area contributed by atoms with Crippen molar-refractivity contribution in [3.05, 3.63) is 36.4 Å². The first-order chi connectivity index (χ1) is 5.64. The summed E-state index contributed by atoms with van der Waals surface area (Å²) >= 11 is 0. The predicted octanol–water partition coefficient (Wildman–Crippen LogP) is 1.46. The van der Waals surface area contributed by atoms with Crippen LogP contribution >= 0.6 is 24.0 Å². The van der Waals surface area contributed by atoms with Gasteiger partial charge in [-0.1, -0.05) is 36.4 Å². The lowest BCUT2D eigenvalue weighted by molar-refractivity contribution is -0.159. The summed E-state index contributed by atoms with van der Waals surface area (Å²) in [4.78, 5) is 18.2. The highest BCUT2D eigenvalue weighted by Crippen LogP contribution is 1.79. The molecule has 0 aromatic heterocycles. The van der Waals surface area contributed by atoms with E-state index in [0.29, 0.717) is 0 Å². The first-order valence-electron chi connectivity index (χ1n) is 3.11. The lowest BCUT2D eigenvalue weighted by Gasteiger charge is -1.72. The molecule has 0 unspecified atom stereocenters. The lowest BCUT2D eigenvalue weighted by atomic mass is 10.4. The van der Waals surface area contributed by atoms with Crippen molar-refractivity contribution in [1.82, 2.24) is 0 Å². The van der Waals surface area contributed by atoms with Crippen LogP contribution in [0.25, 0.3) is 0 Å². The third-order valence-corrected chi connectivity index (χ3v) is 0.850. The van der Waals surface area contributed by atoms with Gasteiger partial charge in [0.15, 0.2) is 0 Å². The Morgan fingerprint density at radius 1 is 0.692 bits per heavy atom. The molecule has 0 aliphatic heterocycles. The van der Waals surface area contributed by atoms with E-state index in [4.69, 9.17) is 19.8 Å². The van der Waals surface area contributed by atoms with Crippen molar-refractivity contribution in [3.8, 4) is 0 Å². The van der Waals surface area contributed by atoms with Gasteiger partial charge in [-0.3, -0.25) is 0 Å². The molecule has 0 aliphatic carbocycles. The number of halogens is 1. The zero-order valence-electron chi connectivity index (χ0n) is 6.58. The second-order valence-corrected chi connectivity index (χ2v) is 1.77. The normalized spacial score (nSPS) is 7.08. The van der Waals surface area contributed by atoms with Crippen LogP contribution in [0.3, 0.4) is 0 Å². The average molecular weight is 296 g/mol. The standard InChI is InChI=1S/C6H6.C2H2O4.HI/c1-2-4-6-5-3-1;3-1(4)2(5)6;/h1-6H;(H,3,4)(H,5,6);1H. The number of rotatable bonds is 0. The van der Waals surface area contributed by atoms with Crippen molar-refractivity contribution >= 4 is 35.9 Å². The van der Waals surface area contributed by atoms with Gasteiger partial charge in [-0.25, -0.2) is 9.59 Å². The Kier molecular flexibility index (Phi) is 9.96. The van der Waals surface area contributed by atoms with Gasteiger partial charge in [0, 0.05) is 0 Å². The van der Waals surface area contributed by atoms with E-state index in [1.54, 1.807) is 0 Å². The molecule has 0 spiro atoms. The fourth-order valence-corrected chi connectivity index (χ4v) is 0.385. The fourth-order valence-electron chi connectivity index (χ4n) is 0.385. The van der Waals surface area contributed by atoms with Gasteiger partial charge in [-0.15, -0.1) is 24.0 Å². The van der Waals surface area contributed by atoms with Crippen molar-refractivity contribution in [2.45, 2.75) is 0 Å². The molecule has 0 saturated carbocycles. The molecule has 1 aromatic rings. The van der Waals surface area contributed by atoms with Crippen LogP contribution in [0.1, 0.15) is 0 Å². The van der Waals surface area contributed by atoms with Crippen LogP contribution in [-0.4, -0.2) is 22.2 Å². The van der Waals surface area contributed by atoms with E-state index in [2.05, 4.69) is 0 Å². The van der Waals surface area contributed by atoms with E-state index in [1.165, 1.54) is 0 Å². The molecule has 1 aromatic carbocycles. The molecule has 0 bridgehead atoms. The number of carboxylic acids is 2. The van der Waals surface area contributed by atoms with Gasteiger partial charge in [0.25, 0.3) is 0 Å². The Labute approximate surface area is 92.2 Å². The number of benzene rings is 1. The Morgan fingerprint density at radius 3 is 0.923 bits per heavy atom. The van der Waals surface area contributed by atoms with Crippen molar-refractivity contribution in [2.75, 3.05) is 0 Å². The van der Waals surface area contributed by atoms with Crippen molar-refractivity contribution in [2.24, 2.45) is 0 Å². The van der Waals surface area contributed by atoms with E-state index >= 15 is 0 Å². The van der Waals surface area contributed by atoms with E-state index in [9.17, 15) is 0 Å². The van der Waals surface area contributed by atoms with Gasteiger partial charge >= 0.3 is 11.9 Å². The van der Waals surface area contributed by atoms with Gasteiger partial charge in [0.05, 0.1) is 0 Å². The molecular formula is C8H9IO4. The molecule has 0 amide bonds. The smallest absolute Gasteiger partial charge is 0.414 e. The number of carboxylic acid groups (broad SMARTS) is 2. The highest BCUT2D eigenvalue weighted by Gasteiger charge is 2.04. The van der Waals surface area contributed by atoms with Gasteiger partial charge in [-0.2, -0.15) is 0 Å². The minimum Gasteiger partial charge on any atom is -0.473 e. The van der Waals surface area contributed by atoms with Crippen molar-refractivity contribution < 1.29 is 19.8 Å². The maximum atomic E-state index is 9.10. The monoisotopic (exact) mass is 296 g/mol. The molecular weight excluding hydrogens is 287 g/mol. The first-order valence-corrected chi connectivity index (χ1v) is 3.11. The fraction of sp³-hybridized carbons (Fsp3) is 0. The molecule has 4 nitrogen and oxygen atoms in total. The minimum absolute atomic E-state index is 0. The molecule has 5 heteroatoms. The van der Waals surface area contributed by atoms with Crippen LogP contribution in [0, 0.1) is 0 Å². The maximum absolute atomic E-state index is 9.10. The molecule has 0 atom stereocenters. The van der Waals surface area contributed by atoms with Crippen molar-refractivity contribution in [1.29, 1.82) is 0 Å².